The molecule has 0 heterocycles. The van der Waals surface area contributed by atoms with Crippen LogP contribution in [0.15, 0.2) is 18.2 Å². The van der Waals surface area contributed by atoms with Crippen LogP contribution in [0.3, 0.4) is 0 Å². The molecule has 1 aromatic carbocycles. The number of aliphatic hydroxyl groups excluding tert-OH is 1. The van der Waals surface area contributed by atoms with E-state index in [4.69, 9.17) is 4.74 Å². The number of ether oxygens (including phenoxy) is 1. The number of hydrogen-bond acceptors (Lipinski definition) is 3. The SMILES string of the molecule is CCCNC(C)(CO)COc1cccc(C)c1C. The van der Waals surface area contributed by atoms with Crippen molar-refractivity contribution in [2.24, 2.45) is 0 Å². The molecule has 0 bridgehead atoms. The second-order valence-corrected chi connectivity index (χ2v) is 5.13. The summed E-state index contributed by atoms with van der Waals surface area (Å²) in [6, 6.07) is 6.04. The van der Waals surface area contributed by atoms with Crippen LogP contribution in [0.25, 0.3) is 0 Å². The van der Waals surface area contributed by atoms with E-state index in [1.54, 1.807) is 0 Å². The lowest BCUT2D eigenvalue weighted by Gasteiger charge is -2.29. The van der Waals surface area contributed by atoms with Crippen molar-refractivity contribution < 1.29 is 9.84 Å². The van der Waals surface area contributed by atoms with Gasteiger partial charge >= 0.3 is 0 Å². The predicted molar refractivity (Wildman–Crippen MR) is 75.2 cm³/mol. The topological polar surface area (TPSA) is 41.5 Å². The zero-order chi connectivity index (χ0) is 13.6. The van der Waals surface area contributed by atoms with Gasteiger partial charge in [-0.3, -0.25) is 0 Å². The van der Waals surface area contributed by atoms with Crippen LogP contribution in [0.1, 0.15) is 31.4 Å². The Morgan fingerprint density at radius 2 is 2.06 bits per heavy atom. The Hall–Kier alpha value is -1.06. The average molecular weight is 251 g/mol. The smallest absolute Gasteiger partial charge is 0.122 e. The molecule has 1 rings (SSSR count). The fraction of sp³-hybridized carbons (Fsp3) is 0.600. The normalized spacial score (nSPS) is 14.3. The van der Waals surface area contributed by atoms with Crippen molar-refractivity contribution in [1.29, 1.82) is 0 Å². The van der Waals surface area contributed by atoms with Gasteiger partial charge in [0, 0.05) is 0 Å². The van der Waals surface area contributed by atoms with Crippen LogP contribution in [0.5, 0.6) is 5.75 Å². The lowest BCUT2D eigenvalue weighted by atomic mass is 10.0. The van der Waals surface area contributed by atoms with Crippen LogP contribution in [-0.2, 0) is 0 Å². The maximum atomic E-state index is 9.47. The summed E-state index contributed by atoms with van der Waals surface area (Å²) in [6.07, 6.45) is 1.04. The quantitative estimate of drug-likeness (QED) is 0.782. The van der Waals surface area contributed by atoms with Gasteiger partial charge in [-0.15, -0.1) is 0 Å². The Morgan fingerprint density at radius 1 is 1.33 bits per heavy atom. The van der Waals surface area contributed by atoms with E-state index in [-0.39, 0.29) is 12.1 Å². The van der Waals surface area contributed by atoms with E-state index in [2.05, 4.69) is 32.2 Å². The minimum absolute atomic E-state index is 0.0673. The molecule has 1 aromatic rings. The first-order valence-electron chi connectivity index (χ1n) is 6.57. The molecule has 0 aliphatic carbocycles. The second kappa shape index (κ2) is 6.76. The summed E-state index contributed by atoms with van der Waals surface area (Å²) < 4.78 is 5.85. The largest absolute Gasteiger partial charge is 0.491 e. The van der Waals surface area contributed by atoms with Crippen molar-refractivity contribution in [3.63, 3.8) is 0 Å². The third kappa shape index (κ3) is 4.00. The molecular formula is C15H25NO2. The van der Waals surface area contributed by atoms with E-state index < -0.39 is 0 Å². The Morgan fingerprint density at radius 3 is 2.67 bits per heavy atom. The number of aryl methyl sites for hydroxylation is 1. The molecule has 0 aromatic heterocycles. The minimum Gasteiger partial charge on any atom is -0.491 e. The standard InChI is InChI=1S/C15H25NO2/c1-5-9-16-15(4,10-17)11-18-14-8-6-7-12(2)13(14)3/h6-8,16-17H,5,9-11H2,1-4H3. The van der Waals surface area contributed by atoms with E-state index in [1.807, 2.05) is 19.1 Å². The van der Waals surface area contributed by atoms with Crippen LogP contribution in [0.4, 0.5) is 0 Å². The summed E-state index contributed by atoms with van der Waals surface area (Å²) >= 11 is 0. The van der Waals surface area contributed by atoms with Gasteiger partial charge in [0.15, 0.2) is 0 Å². The van der Waals surface area contributed by atoms with Gasteiger partial charge in [-0.2, -0.15) is 0 Å². The molecule has 0 fully saturated rings. The summed E-state index contributed by atoms with van der Waals surface area (Å²) in [5.74, 6) is 0.896. The summed E-state index contributed by atoms with van der Waals surface area (Å²) in [5.41, 5.74) is 2.00. The van der Waals surface area contributed by atoms with Gasteiger partial charge in [0.25, 0.3) is 0 Å². The molecule has 0 spiro atoms. The highest BCUT2D eigenvalue weighted by Gasteiger charge is 2.23. The van der Waals surface area contributed by atoms with Crippen LogP contribution in [0.2, 0.25) is 0 Å². The van der Waals surface area contributed by atoms with Crippen molar-refractivity contribution in [3.05, 3.63) is 29.3 Å². The van der Waals surface area contributed by atoms with Crippen LogP contribution in [-0.4, -0.2) is 30.4 Å². The summed E-state index contributed by atoms with van der Waals surface area (Å²) in [4.78, 5) is 0. The highest BCUT2D eigenvalue weighted by atomic mass is 16.5. The van der Waals surface area contributed by atoms with Crippen molar-refractivity contribution in [2.45, 2.75) is 39.7 Å². The zero-order valence-electron chi connectivity index (χ0n) is 11.9. The Kier molecular flexibility index (Phi) is 5.63. The molecular weight excluding hydrogens is 226 g/mol. The molecule has 0 aliphatic heterocycles. The fourth-order valence-electron chi connectivity index (χ4n) is 1.70. The van der Waals surface area contributed by atoms with E-state index in [9.17, 15) is 5.11 Å². The molecule has 3 nitrogen and oxygen atoms in total. The lowest BCUT2D eigenvalue weighted by Crippen LogP contribution is -2.50. The lowest BCUT2D eigenvalue weighted by molar-refractivity contribution is 0.115. The van der Waals surface area contributed by atoms with Crippen LogP contribution < -0.4 is 10.1 Å². The molecule has 3 heteroatoms. The summed E-state index contributed by atoms with van der Waals surface area (Å²) in [6.45, 7) is 9.63. The van der Waals surface area contributed by atoms with Gasteiger partial charge in [0.2, 0.25) is 0 Å². The van der Waals surface area contributed by atoms with Crippen molar-refractivity contribution in [3.8, 4) is 5.75 Å². The molecule has 0 saturated heterocycles. The molecule has 2 N–H and O–H groups in total. The van der Waals surface area contributed by atoms with Gasteiger partial charge in [0.1, 0.15) is 12.4 Å². The number of rotatable bonds is 7. The number of hydrogen-bond donors (Lipinski definition) is 2. The van der Waals surface area contributed by atoms with E-state index in [0.29, 0.717) is 6.61 Å². The zero-order valence-corrected chi connectivity index (χ0v) is 11.9. The molecule has 0 saturated carbocycles. The van der Waals surface area contributed by atoms with Crippen LogP contribution >= 0.6 is 0 Å². The first kappa shape index (κ1) is 15.0. The molecule has 102 valence electrons. The molecule has 0 aliphatic rings. The molecule has 18 heavy (non-hydrogen) atoms. The Labute approximate surface area is 110 Å². The molecule has 1 atom stereocenters. The minimum atomic E-state index is -0.383. The summed E-state index contributed by atoms with van der Waals surface area (Å²) in [5, 5.41) is 12.8. The fourth-order valence-corrected chi connectivity index (χ4v) is 1.70. The van der Waals surface area contributed by atoms with Gasteiger partial charge in [-0.25, -0.2) is 0 Å². The van der Waals surface area contributed by atoms with Crippen LogP contribution in [0, 0.1) is 13.8 Å². The Balaban J connectivity index is 2.64. The average Bonchev–Trinajstić information content (AvgIpc) is 2.38. The van der Waals surface area contributed by atoms with E-state index in [0.717, 1.165) is 24.3 Å². The molecule has 0 radical (unpaired) electrons. The predicted octanol–water partition coefficient (Wildman–Crippen LogP) is 2.43. The van der Waals surface area contributed by atoms with Gasteiger partial charge in [-0.05, 0) is 50.9 Å². The first-order chi connectivity index (χ1) is 8.52. The Bertz CT molecular complexity index is 379. The monoisotopic (exact) mass is 251 g/mol. The second-order valence-electron chi connectivity index (χ2n) is 5.13. The highest BCUT2D eigenvalue weighted by molar-refractivity contribution is 5.38. The summed E-state index contributed by atoms with van der Waals surface area (Å²) in [7, 11) is 0. The number of benzene rings is 1. The number of nitrogens with one attached hydrogen (secondary N) is 1. The molecule has 1 unspecified atom stereocenters. The van der Waals surface area contributed by atoms with Crippen molar-refractivity contribution >= 4 is 0 Å². The van der Waals surface area contributed by atoms with Crippen molar-refractivity contribution in [1.82, 2.24) is 5.32 Å². The first-order valence-corrected chi connectivity index (χ1v) is 6.57. The van der Waals surface area contributed by atoms with Gasteiger partial charge < -0.3 is 15.2 Å². The highest BCUT2D eigenvalue weighted by Crippen LogP contribution is 2.21. The maximum Gasteiger partial charge on any atom is 0.122 e. The maximum absolute atomic E-state index is 9.47. The number of aliphatic hydroxyl groups is 1. The van der Waals surface area contributed by atoms with Gasteiger partial charge in [0.05, 0.1) is 12.1 Å². The third-order valence-corrected chi connectivity index (χ3v) is 3.25. The third-order valence-electron chi connectivity index (χ3n) is 3.25. The van der Waals surface area contributed by atoms with E-state index in [1.165, 1.54) is 5.56 Å². The van der Waals surface area contributed by atoms with E-state index >= 15 is 0 Å². The van der Waals surface area contributed by atoms with Gasteiger partial charge in [-0.1, -0.05) is 19.1 Å². The molecule has 0 amide bonds. The van der Waals surface area contributed by atoms with Crippen molar-refractivity contribution in [2.75, 3.05) is 19.8 Å².